The summed E-state index contributed by atoms with van der Waals surface area (Å²) in [4.78, 5) is 0. The molecule has 0 aromatic carbocycles. The van der Waals surface area contributed by atoms with Crippen LogP contribution < -0.4 is 11.1 Å². The minimum Gasteiger partial charge on any atom is -0.376 e. The van der Waals surface area contributed by atoms with E-state index in [0.29, 0.717) is 0 Å². The molecule has 6 heteroatoms. The van der Waals surface area contributed by atoms with Gasteiger partial charge in [0, 0.05) is 14.2 Å². The summed E-state index contributed by atoms with van der Waals surface area (Å²) < 4.78 is 17.2. The fourth-order valence-electron chi connectivity index (χ4n) is 1.74. The molecule has 0 aromatic heterocycles. The van der Waals surface area contributed by atoms with Gasteiger partial charge < -0.3 is 19.0 Å². The normalized spacial score (nSPS) is 16.9. The highest BCUT2D eigenvalue weighted by molar-refractivity contribution is 6.62. The standard InChI is InChI=1S/C11H28N2O3Si/c1-8-10(13-9(2)12)17(14-6,15-7)16-11(3,4)5/h9-10,13H,8,12H2,1-7H3. The maximum atomic E-state index is 6.05. The van der Waals surface area contributed by atoms with Crippen molar-refractivity contribution >= 4 is 8.80 Å². The van der Waals surface area contributed by atoms with E-state index in [1.54, 1.807) is 14.2 Å². The Morgan fingerprint density at radius 3 is 1.94 bits per heavy atom. The summed E-state index contributed by atoms with van der Waals surface area (Å²) >= 11 is 0. The molecule has 0 spiro atoms. The molecule has 5 nitrogen and oxygen atoms in total. The van der Waals surface area contributed by atoms with Gasteiger partial charge in [-0.05, 0) is 34.1 Å². The third kappa shape index (κ3) is 5.46. The van der Waals surface area contributed by atoms with E-state index in [2.05, 4.69) is 12.2 Å². The van der Waals surface area contributed by atoms with E-state index in [9.17, 15) is 0 Å². The second-order valence-electron chi connectivity index (χ2n) is 5.14. The van der Waals surface area contributed by atoms with Crippen LogP contribution in [0.15, 0.2) is 0 Å². The van der Waals surface area contributed by atoms with Crippen molar-refractivity contribution in [2.24, 2.45) is 5.73 Å². The van der Waals surface area contributed by atoms with Gasteiger partial charge in [0.1, 0.15) is 0 Å². The predicted octanol–water partition coefficient (Wildman–Crippen LogP) is 1.25. The van der Waals surface area contributed by atoms with E-state index in [1.807, 2.05) is 27.7 Å². The van der Waals surface area contributed by atoms with E-state index in [1.165, 1.54) is 0 Å². The van der Waals surface area contributed by atoms with E-state index in [-0.39, 0.29) is 17.4 Å². The Kier molecular flexibility index (Phi) is 6.82. The minimum atomic E-state index is -2.76. The van der Waals surface area contributed by atoms with Crippen LogP contribution in [0.3, 0.4) is 0 Å². The van der Waals surface area contributed by atoms with E-state index in [0.717, 1.165) is 6.42 Å². The number of hydrogen-bond donors (Lipinski definition) is 2. The van der Waals surface area contributed by atoms with Gasteiger partial charge in [-0.1, -0.05) is 6.92 Å². The van der Waals surface area contributed by atoms with Crippen molar-refractivity contribution in [2.45, 2.75) is 58.5 Å². The van der Waals surface area contributed by atoms with Crippen LogP contribution >= 0.6 is 0 Å². The molecule has 0 saturated carbocycles. The maximum absolute atomic E-state index is 6.05. The molecule has 0 rings (SSSR count). The van der Waals surface area contributed by atoms with Gasteiger partial charge in [-0.3, -0.25) is 5.32 Å². The van der Waals surface area contributed by atoms with Crippen molar-refractivity contribution in [3.05, 3.63) is 0 Å². The molecular formula is C11H28N2O3Si. The topological polar surface area (TPSA) is 65.7 Å². The Balaban J connectivity index is 5.00. The number of nitrogens with two attached hydrogens (primary N) is 1. The molecule has 104 valence electrons. The molecule has 0 amide bonds. The Bertz CT molecular complexity index is 215. The molecule has 0 aliphatic heterocycles. The summed E-state index contributed by atoms with van der Waals surface area (Å²) in [5.41, 5.74) is 5.47. The van der Waals surface area contributed by atoms with Crippen LogP contribution in [0.2, 0.25) is 0 Å². The molecule has 17 heavy (non-hydrogen) atoms. The Labute approximate surface area is 106 Å². The first-order valence-corrected chi connectivity index (χ1v) is 7.83. The molecule has 0 aliphatic rings. The minimum absolute atomic E-state index is 0.00303. The number of nitrogens with one attached hydrogen (secondary N) is 1. The van der Waals surface area contributed by atoms with Crippen molar-refractivity contribution in [1.29, 1.82) is 0 Å². The molecular weight excluding hydrogens is 236 g/mol. The van der Waals surface area contributed by atoms with Crippen LogP contribution in [0.4, 0.5) is 0 Å². The summed E-state index contributed by atoms with van der Waals surface area (Å²) in [6, 6.07) is 0. The van der Waals surface area contributed by atoms with Gasteiger partial charge >= 0.3 is 8.80 Å². The predicted molar refractivity (Wildman–Crippen MR) is 71.5 cm³/mol. The SMILES string of the molecule is CCC(NC(C)N)[Si](OC)(OC)OC(C)(C)C. The highest BCUT2D eigenvalue weighted by atomic mass is 28.4. The fraction of sp³-hybridized carbons (Fsp3) is 1.00. The first kappa shape index (κ1) is 17.0. The van der Waals surface area contributed by atoms with Gasteiger partial charge in [-0.2, -0.15) is 0 Å². The fourth-order valence-corrected chi connectivity index (χ4v) is 4.60. The van der Waals surface area contributed by atoms with Gasteiger partial charge in [0.05, 0.1) is 17.4 Å². The van der Waals surface area contributed by atoms with Crippen LogP contribution in [0.25, 0.3) is 0 Å². The van der Waals surface area contributed by atoms with Crippen LogP contribution in [0.5, 0.6) is 0 Å². The molecule has 0 aliphatic carbocycles. The first-order valence-electron chi connectivity index (χ1n) is 6.03. The molecule has 2 unspecified atom stereocenters. The lowest BCUT2D eigenvalue weighted by molar-refractivity contribution is 0.00596. The lowest BCUT2D eigenvalue weighted by atomic mass is 10.2. The second kappa shape index (κ2) is 6.82. The average molecular weight is 264 g/mol. The Hall–Kier alpha value is 0.0169. The van der Waals surface area contributed by atoms with Gasteiger partial charge in [-0.15, -0.1) is 0 Å². The number of hydrogen-bond acceptors (Lipinski definition) is 5. The molecule has 0 aromatic rings. The third-order valence-corrected chi connectivity index (χ3v) is 5.78. The van der Waals surface area contributed by atoms with Gasteiger partial charge in [0.2, 0.25) is 0 Å². The van der Waals surface area contributed by atoms with Crippen molar-refractivity contribution in [3.63, 3.8) is 0 Å². The summed E-state index contributed by atoms with van der Waals surface area (Å²) in [6.45, 7) is 9.93. The maximum Gasteiger partial charge on any atom is 0.518 e. The van der Waals surface area contributed by atoms with Gasteiger partial charge in [0.15, 0.2) is 0 Å². The highest BCUT2D eigenvalue weighted by Crippen LogP contribution is 2.23. The summed E-state index contributed by atoms with van der Waals surface area (Å²) in [5, 5.41) is 3.26. The van der Waals surface area contributed by atoms with E-state index >= 15 is 0 Å². The molecule has 0 fully saturated rings. The largest absolute Gasteiger partial charge is 0.518 e. The smallest absolute Gasteiger partial charge is 0.376 e. The van der Waals surface area contributed by atoms with Gasteiger partial charge in [-0.25, -0.2) is 0 Å². The summed E-state index contributed by atoms with van der Waals surface area (Å²) in [7, 11) is 0.502. The molecule has 0 heterocycles. The van der Waals surface area contributed by atoms with Crippen molar-refractivity contribution < 1.29 is 13.3 Å². The molecule has 3 N–H and O–H groups in total. The molecule has 2 atom stereocenters. The Morgan fingerprint density at radius 2 is 1.71 bits per heavy atom. The van der Waals surface area contributed by atoms with E-state index < -0.39 is 8.80 Å². The van der Waals surface area contributed by atoms with Crippen molar-refractivity contribution in [1.82, 2.24) is 5.32 Å². The summed E-state index contributed by atoms with van der Waals surface area (Å²) in [6.07, 6.45) is 0.714. The zero-order valence-electron chi connectivity index (χ0n) is 12.2. The van der Waals surface area contributed by atoms with E-state index in [4.69, 9.17) is 19.0 Å². The monoisotopic (exact) mass is 264 g/mol. The molecule has 0 saturated heterocycles. The lowest BCUT2D eigenvalue weighted by Crippen LogP contribution is -2.65. The second-order valence-corrected chi connectivity index (χ2v) is 8.07. The highest BCUT2D eigenvalue weighted by Gasteiger charge is 2.50. The molecule has 0 radical (unpaired) electrons. The lowest BCUT2D eigenvalue weighted by Gasteiger charge is -2.39. The van der Waals surface area contributed by atoms with Crippen LogP contribution in [-0.2, 0) is 13.3 Å². The zero-order chi connectivity index (χ0) is 13.7. The van der Waals surface area contributed by atoms with Crippen LogP contribution in [0.1, 0.15) is 41.0 Å². The third-order valence-electron chi connectivity index (χ3n) is 2.32. The van der Waals surface area contributed by atoms with Crippen LogP contribution in [-0.4, -0.2) is 40.5 Å². The van der Waals surface area contributed by atoms with Crippen LogP contribution in [0, 0.1) is 0 Å². The quantitative estimate of drug-likeness (QED) is 0.535. The number of rotatable bonds is 7. The average Bonchev–Trinajstić information content (AvgIpc) is 2.21. The van der Waals surface area contributed by atoms with Crippen molar-refractivity contribution in [3.8, 4) is 0 Å². The molecule has 0 bridgehead atoms. The Morgan fingerprint density at radius 1 is 1.24 bits per heavy atom. The van der Waals surface area contributed by atoms with Gasteiger partial charge in [0.25, 0.3) is 0 Å². The van der Waals surface area contributed by atoms with Crippen molar-refractivity contribution in [2.75, 3.05) is 14.2 Å². The summed E-state index contributed by atoms with van der Waals surface area (Å²) in [5.74, 6) is 0. The zero-order valence-corrected chi connectivity index (χ0v) is 13.2. The first-order chi connectivity index (χ1) is 7.70.